The van der Waals surface area contributed by atoms with E-state index >= 15 is 0 Å². The predicted octanol–water partition coefficient (Wildman–Crippen LogP) is 6.37. The summed E-state index contributed by atoms with van der Waals surface area (Å²) in [4.78, 5) is 4.54. The van der Waals surface area contributed by atoms with E-state index in [4.69, 9.17) is 37.2 Å². The summed E-state index contributed by atoms with van der Waals surface area (Å²) in [5, 5.41) is 14.3. The van der Waals surface area contributed by atoms with Gasteiger partial charge in [0.2, 0.25) is 5.82 Å². The van der Waals surface area contributed by atoms with E-state index in [1.807, 2.05) is 29.7 Å². The number of halogens is 2. The summed E-state index contributed by atoms with van der Waals surface area (Å²) in [6.07, 6.45) is 2.67. The number of methoxy groups -OCH3 is 1. The van der Waals surface area contributed by atoms with Gasteiger partial charge in [0.1, 0.15) is 17.6 Å². The Morgan fingerprint density at radius 2 is 1.88 bits per heavy atom. The van der Waals surface area contributed by atoms with E-state index in [2.05, 4.69) is 17.1 Å². The molecule has 0 atom stereocenters. The van der Waals surface area contributed by atoms with Gasteiger partial charge in [0.25, 0.3) is 10.0 Å². The van der Waals surface area contributed by atoms with Gasteiger partial charge < -0.3 is 23.7 Å². The van der Waals surface area contributed by atoms with E-state index in [1.54, 1.807) is 25.1 Å². The third-order valence-corrected chi connectivity index (χ3v) is 9.49. The number of aliphatic hydroxyl groups excluding tert-OH is 1. The standard InChI is InChI=1S/C30H36Cl2N4O6S/c1-5-7-12-27-33-29(32)25(17-37)35(27)16-21-13-14-23(22(15-21)18-41-6-2)24-10-8-9-11-26(24)43(38,39)36(19-40-4)30-28(31)20(3)42-34-30/h8-11,13-15,37H,5-7,12,16-19H2,1-4H3. The van der Waals surface area contributed by atoms with Gasteiger partial charge in [-0.15, -0.1) is 0 Å². The quantitative estimate of drug-likeness (QED) is 0.147. The lowest BCUT2D eigenvalue weighted by molar-refractivity contribution is 0.134. The van der Waals surface area contributed by atoms with Crippen LogP contribution in [0.4, 0.5) is 5.82 Å². The lowest BCUT2D eigenvalue weighted by Gasteiger charge is -2.23. The minimum Gasteiger partial charge on any atom is -0.390 e. The van der Waals surface area contributed by atoms with Gasteiger partial charge in [-0.2, -0.15) is 0 Å². The lowest BCUT2D eigenvalue weighted by Crippen LogP contribution is -2.33. The topological polar surface area (TPSA) is 120 Å². The first kappa shape index (κ1) is 33.0. The first-order valence-electron chi connectivity index (χ1n) is 13.9. The molecule has 2 aromatic carbocycles. The normalized spacial score (nSPS) is 11.8. The van der Waals surface area contributed by atoms with Crippen LogP contribution in [0.15, 0.2) is 51.9 Å². The van der Waals surface area contributed by atoms with Crippen molar-refractivity contribution in [3.05, 3.63) is 81.0 Å². The lowest BCUT2D eigenvalue weighted by atomic mass is 9.97. The predicted molar refractivity (Wildman–Crippen MR) is 166 cm³/mol. The molecular formula is C30H36Cl2N4O6S. The molecule has 0 aliphatic carbocycles. The van der Waals surface area contributed by atoms with Gasteiger partial charge in [0, 0.05) is 32.2 Å². The SMILES string of the molecule is CCCCc1nc(Cl)c(CO)n1Cc1ccc(-c2ccccc2S(=O)(=O)N(COC)c2noc(C)c2Cl)c(COCC)c1. The molecule has 13 heteroatoms. The fourth-order valence-electron chi connectivity index (χ4n) is 4.79. The highest BCUT2D eigenvalue weighted by Gasteiger charge is 2.32. The van der Waals surface area contributed by atoms with E-state index < -0.39 is 10.0 Å². The number of nitrogens with zero attached hydrogens (tertiary/aromatic N) is 4. The number of anilines is 1. The Hall–Kier alpha value is -2.93. The fraction of sp³-hybridized carbons (Fsp3) is 0.400. The summed E-state index contributed by atoms with van der Waals surface area (Å²) >= 11 is 12.7. The number of benzene rings is 2. The Kier molecular flexibility index (Phi) is 11.3. The van der Waals surface area contributed by atoms with Gasteiger partial charge in [-0.05, 0) is 43.0 Å². The zero-order valence-electron chi connectivity index (χ0n) is 24.6. The molecule has 0 saturated heterocycles. The van der Waals surface area contributed by atoms with Gasteiger partial charge in [0.15, 0.2) is 10.9 Å². The summed E-state index contributed by atoms with van der Waals surface area (Å²) < 4.78 is 47.4. The molecule has 0 saturated carbocycles. The van der Waals surface area contributed by atoms with E-state index in [-0.39, 0.29) is 41.4 Å². The number of imidazole rings is 1. The number of sulfonamides is 1. The Morgan fingerprint density at radius 3 is 2.53 bits per heavy atom. The zero-order valence-corrected chi connectivity index (χ0v) is 27.0. The van der Waals surface area contributed by atoms with Crippen molar-refractivity contribution in [3.63, 3.8) is 0 Å². The van der Waals surface area contributed by atoms with Gasteiger partial charge in [-0.25, -0.2) is 17.7 Å². The first-order valence-corrected chi connectivity index (χ1v) is 16.1. The van der Waals surface area contributed by atoms with Crippen molar-refractivity contribution in [2.75, 3.05) is 24.8 Å². The number of unbranched alkanes of at least 4 members (excludes halogenated alkanes) is 1. The average Bonchev–Trinajstić information content (AvgIpc) is 3.49. The van der Waals surface area contributed by atoms with Crippen LogP contribution in [0.5, 0.6) is 0 Å². The molecule has 0 spiro atoms. The van der Waals surface area contributed by atoms with Gasteiger partial charge in [-0.1, -0.05) is 78.1 Å². The molecule has 4 rings (SSSR count). The number of hydrogen-bond acceptors (Lipinski definition) is 8. The summed E-state index contributed by atoms with van der Waals surface area (Å²) in [6.45, 7) is 6.20. The minimum atomic E-state index is -4.22. The molecule has 0 bridgehead atoms. The second-order valence-electron chi connectivity index (χ2n) is 9.89. The van der Waals surface area contributed by atoms with Crippen molar-refractivity contribution in [2.24, 2.45) is 0 Å². The smallest absolute Gasteiger partial charge is 0.268 e. The summed E-state index contributed by atoms with van der Waals surface area (Å²) in [7, 11) is -2.83. The maximum absolute atomic E-state index is 14.1. The first-order chi connectivity index (χ1) is 20.7. The maximum Gasteiger partial charge on any atom is 0.268 e. The Balaban J connectivity index is 1.80. The van der Waals surface area contributed by atoms with Crippen LogP contribution in [0.25, 0.3) is 11.1 Å². The average molecular weight is 652 g/mol. The van der Waals surface area contributed by atoms with Crippen LogP contribution in [0, 0.1) is 6.92 Å². The summed E-state index contributed by atoms with van der Waals surface area (Å²) in [5.74, 6) is 1.04. The van der Waals surface area contributed by atoms with E-state index in [0.717, 1.165) is 40.5 Å². The number of rotatable bonds is 15. The highest BCUT2D eigenvalue weighted by molar-refractivity contribution is 7.93. The Bertz CT molecular complexity index is 1650. The molecule has 2 aromatic heterocycles. The molecule has 0 amide bonds. The third-order valence-electron chi connectivity index (χ3n) is 6.98. The second kappa shape index (κ2) is 14.7. The fourth-order valence-corrected chi connectivity index (χ4v) is 6.81. The zero-order chi connectivity index (χ0) is 31.1. The van der Waals surface area contributed by atoms with Crippen molar-refractivity contribution in [3.8, 4) is 11.1 Å². The molecule has 4 aromatic rings. The monoisotopic (exact) mass is 650 g/mol. The highest BCUT2D eigenvalue weighted by atomic mass is 35.5. The van der Waals surface area contributed by atoms with Crippen LogP contribution in [0.1, 0.15) is 55.1 Å². The number of aliphatic hydroxyl groups is 1. The van der Waals surface area contributed by atoms with Crippen molar-refractivity contribution >= 4 is 39.0 Å². The molecule has 43 heavy (non-hydrogen) atoms. The van der Waals surface area contributed by atoms with Crippen LogP contribution < -0.4 is 4.31 Å². The van der Waals surface area contributed by atoms with Gasteiger partial charge >= 0.3 is 0 Å². The molecule has 2 heterocycles. The molecule has 0 fully saturated rings. The minimum absolute atomic E-state index is 0.0417. The molecule has 0 aliphatic rings. The number of hydrogen-bond donors (Lipinski definition) is 1. The Labute approximate surface area is 262 Å². The van der Waals surface area contributed by atoms with Crippen LogP contribution in [-0.4, -0.2) is 48.7 Å². The van der Waals surface area contributed by atoms with Crippen molar-refractivity contribution in [2.45, 2.75) is 64.7 Å². The van der Waals surface area contributed by atoms with E-state index in [9.17, 15) is 13.5 Å². The van der Waals surface area contributed by atoms with Crippen LogP contribution in [0.3, 0.4) is 0 Å². The third kappa shape index (κ3) is 7.08. The van der Waals surface area contributed by atoms with E-state index in [0.29, 0.717) is 35.1 Å². The van der Waals surface area contributed by atoms with Gasteiger partial charge in [0.05, 0.1) is 23.8 Å². The Morgan fingerprint density at radius 1 is 1.12 bits per heavy atom. The number of ether oxygens (including phenoxy) is 2. The number of aryl methyl sites for hydroxylation is 2. The molecule has 1 N–H and O–H groups in total. The molecule has 0 radical (unpaired) electrons. The van der Waals surface area contributed by atoms with Crippen molar-refractivity contribution < 1.29 is 27.5 Å². The summed E-state index contributed by atoms with van der Waals surface area (Å²) in [6, 6.07) is 12.5. The largest absolute Gasteiger partial charge is 0.390 e. The molecule has 0 aliphatic heterocycles. The molecule has 232 valence electrons. The molecule has 0 unspecified atom stereocenters. The molecular weight excluding hydrogens is 615 g/mol. The van der Waals surface area contributed by atoms with Crippen LogP contribution in [0.2, 0.25) is 10.2 Å². The van der Waals surface area contributed by atoms with Crippen LogP contribution in [-0.2, 0) is 45.7 Å². The highest BCUT2D eigenvalue weighted by Crippen LogP contribution is 2.37. The van der Waals surface area contributed by atoms with Gasteiger partial charge in [-0.3, -0.25) is 0 Å². The van der Waals surface area contributed by atoms with Crippen molar-refractivity contribution in [1.29, 1.82) is 0 Å². The van der Waals surface area contributed by atoms with Crippen LogP contribution >= 0.6 is 23.2 Å². The molecule has 10 nitrogen and oxygen atoms in total. The summed E-state index contributed by atoms with van der Waals surface area (Å²) in [5.41, 5.74) is 3.44. The maximum atomic E-state index is 14.1. The van der Waals surface area contributed by atoms with Crippen molar-refractivity contribution in [1.82, 2.24) is 14.7 Å². The number of aromatic nitrogens is 3. The second-order valence-corrected chi connectivity index (χ2v) is 12.5. The van der Waals surface area contributed by atoms with E-state index in [1.165, 1.54) is 13.2 Å².